The summed E-state index contributed by atoms with van der Waals surface area (Å²) in [6.45, 7) is 2.12. The Balaban J connectivity index is 2.16. The number of aryl methyl sites for hydroxylation is 1. The topological polar surface area (TPSA) is 37.8 Å². The number of nitrogens with one attached hydrogen (secondary N) is 1. The minimum atomic E-state index is 0.596. The first-order chi connectivity index (χ1) is 7.78. The molecule has 0 atom stereocenters. The van der Waals surface area contributed by atoms with E-state index in [1.165, 1.54) is 24.1 Å². The van der Waals surface area contributed by atoms with Crippen LogP contribution in [-0.2, 0) is 0 Å². The van der Waals surface area contributed by atoms with Crippen molar-refractivity contribution in [1.29, 1.82) is 0 Å². The third kappa shape index (κ3) is 1.48. The number of hydrogen-bond acceptors (Lipinski definition) is 4. The fourth-order valence-electron chi connectivity index (χ4n) is 2.10. The van der Waals surface area contributed by atoms with Gasteiger partial charge in [-0.05, 0) is 25.8 Å². The third-order valence-corrected chi connectivity index (χ3v) is 4.18. The molecule has 3 nitrogen and oxygen atoms in total. The second-order valence-corrected chi connectivity index (χ2v) is 5.62. The average Bonchev–Trinajstić information content (AvgIpc) is 2.54. The largest absolute Gasteiger partial charge is 0.372 e. The summed E-state index contributed by atoms with van der Waals surface area (Å²) < 4.78 is 0. The second-order valence-electron chi connectivity index (χ2n) is 4.38. The minimum Gasteiger partial charge on any atom is -0.372 e. The molecule has 84 valence electrons. The first kappa shape index (κ1) is 10.0. The highest BCUT2D eigenvalue weighted by Crippen LogP contribution is 2.37. The maximum atomic E-state index is 4.69. The molecule has 0 bridgehead atoms. The quantitative estimate of drug-likeness (QED) is 0.864. The van der Waals surface area contributed by atoms with Crippen molar-refractivity contribution in [2.45, 2.75) is 32.1 Å². The summed E-state index contributed by atoms with van der Waals surface area (Å²) in [6.07, 6.45) is 3.82. The first-order valence-electron chi connectivity index (χ1n) is 5.74. The van der Waals surface area contributed by atoms with Gasteiger partial charge in [-0.25, -0.2) is 9.97 Å². The van der Waals surface area contributed by atoms with Gasteiger partial charge in [0.2, 0.25) is 0 Å². The van der Waals surface area contributed by atoms with E-state index >= 15 is 0 Å². The van der Waals surface area contributed by atoms with Gasteiger partial charge >= 0.3 is 0 Å². The van der Waals surface area contributed by atoms with E-state index in [9.17, 15) is 0 Å². The Labute approximate surface area is 98.9 Å². The number of hydrogen-bond donors (Lipinski definition) is 1. The van der Waals surface area contributed by atoms with Gasteiger partial charge in [0.1, 0.15) is 16.5 Å². The number of thiophene rings is 1. The number of anilines is 1. The van der Waals surface area contributed by atoms with E-state index in [2.05, 4.69) is 23.3 Å². The van der Waals surface area contributed by atoms with Gasteiger partial charge in [0.25, 0.3) is 0 Å². The Morgan fingerprint density at radius 1 is 1.38 bits per heavy atom. The van der Waals surface area contributed by atoms with Gasteiger partial charge in [0, 0.05) is 17.8 Å². The Kier molecular flexibility index (Phi) is 2.32. The maximum absolute atomic E-state index is 4.69. The van der Waals surface area contributed by atoms with Crippen molar-refractivity contribution in [3.8, 4) is 0 Å². The fraction of sp³-hybridized carbons (Fsp3) is 0.500. The van der Waals surface area contributed by atoms with Crippen molar-refractivity contribution < 1.29 is 0 Å². The van der Waals surface area contributed by atoms with Gasteiger partial charge in [-0.3, -0.25) is 0 Å². The van der Waals surface area contributed by atoms with E-state index in [1.54, 1.807) is 11.3 Å². The zero-order chi connectivity index (χ0) is 11.1. The number of aromatic nitrogens is 2. The SMILES string of the molecule is CNc1nc(C2CCC2)nc2sc(C)cc12. The lowest BCUT2D eigenvalue weighted by Gasteiger charge is -2.24. The first-order valence-corrected chi connectivity index (χ1v) is 6.55. The van der Waals surface area contributed by atoms with Crippen LogP contribution in [0.2, 0.25) is 0 Å². The molecule has 0 amide bonds. The van der Waals surface area contributed by atoms with E-state index < -0.39 is 0 Å². The summed E-state index contributed by atoms with van der Waals surface area (Å²) in [5.41, 5.74) is 0. The van der Waals surface area contributed by atoms with E-state index in [0.29, 0.717) is 5.92 Å². The Morgan fingerprint density at radius 2 is 2.19 bits per heavy atom. The number of rotatable bonds is 2. The molecule has 0 spiro atoms. The van der Waals surface area contributed by atoms with Crippen molar-refractivity contribution in [3.63, 3.8) is 0 Å². The molecule has 0 aliphatic heterocycles. The highest BCUT2D eigenvalue weighted by Gasteiger charge is 2.23. The molecule has 0 aromatic carbocycles. The lowest BCUT2D eigenvalue weighted by atomic mass is 9.85. The van der Waals surface area contributed by atoms with Crippen LogP contribution in [0.15, 0.2) is 6.07 Å². The Hall–Kier alpha value is -1.16. The summed E-state index contributed by atoms with van der Waals surface area (Å²) in [5.74, 6) is 2.61. The molecule has 2 heterocycles. The molecule has 3 rings (SSSR count). The molecule has 2 aromatic rings. The summed E-state index contributed by atoms with van der Waals surface area (Å²) in [4.78, 5) is 11.8. The molecule has 2 aromatic heterocycles. The monoisotopic (exact) mass is 233 g/mol. The smallest absolute Gasteiger partial charge is 0.138 e. The van der Waals surface area contributed by atoms with Gasteiger partial charge in [0.05, 0.1) is 5.39 Å². The zero-order valence-corrected chi connectivity index (χ0v) is 10.4. The fourth-order valence-corrected chi connectivity index (χ4v) is 2.98. The third-order valence-electron chi connectivity index (χ3n) is 3.24. The van der Waals surface area contributed by atoms with Crippen molar-refractivity contribution in [2.75, 3.05) is 12.4 Å². The molecule has 1 fully saturated rings. The molecule has 0 radical (unpaired) electrons. The highest BCUT2D eigenvalue weighted by molar-refractivity contribution is 7.18. The number of nitrogens with zero attached hydrogens (tertiary/aromatic N) is 2. The van der Waals surface area contributed by atoms with Crippen molar-refractivity contribution in [1.82, 2.24) is 9.97 Å². The second kappa shape index (κ2) is 3.70. The molecule has 1 saturated carbocycles. The average molecular weight is 233 g/mol. The predicted octanol–water partition coefficient (Wildman–Crippen LogP) is 3.31. The molecule has 1 N–H and O–H groups in total. The Morgan fingerprint density at radius 3 is 2.81 bits per heavy atom. The standard InChI is InChI=1S/C12H15N3S/c1-7-6-9-11(13-2)14-10(8-4-3-5-8)15-12(9)16-7/h6,8H,3-5H2,1-2H3,(H,13,14,15). The minimum absolute atomic E-state index is 0.596. The van der Waals surface area contributed by atoms with E-state index in [1.807, 2.05) is 7.05 Å². The van der Waals surface area contributed by atoms with Crippen LogP contribution in [0.25, 0.3) is 10.2 Å². The molecule has 16 heavy (non-hydrogen) atoms. The summed E-state index contributed by atoms with van der Waals surface area (Å²) in [5, 5.41) is 4.34. The molecule has 0 unspecified atom stereocenters. The van der Waals surface area contributed by atoms with Crippen LogP contribution in [0.3, 0.4) is 0 Å². The van der Waals surface area contributed by atoms with E-state index in [4.69, 9.17) is 4.98 Å². The molecule has 1 aliphatic rings. The maximum Gasteiger partial charge on any atom is 0.138 e. The van der Waals surface area contributed by atoms with E-state index in [0.717, 1.165) is 21.9 Å². The van der Waals surface area contributed by atoms with Crippen LogP contribution in [0, 0.1) is 6.92 Å². The normalized spacial score (nSPS) is 16.4. The van der Waals surface area contributed by atoms with Gasteiger partial charge in [0.15, 0.2) is 0 Å². The summed E-state index contributed by atoms with van der Waals surface area (Å²) >= 11 is 1.76. The van der Waals surface area contributed by atoms with Gasteiger partial charge in [-0.1, -0.05) is 6.42 Å². The van der Waals surface area contributed by atoms with Gasteiger partial charge in [-0.2, -0.15) is 0 Å². The summed E-state index contributed by atoms with van der Waals surface area (Å²) in [6, 6.07) is 2.16. The zero-order valence-electron chi connectivity index (χ0n) is 9.58. The van der Waals surface area contributed by atoms with E-state index in [-0.39, 0.29) is 0 Å². The highest BCUT2D eigenvalue weighted by atomic mass is 32.1. The van der Waals surface area contributed by atoms with Crippen molar-refractivity contribution in [2.24, 2.45) is 0 Å². The van der Waals surface area contributed by atoms with Crippen LogP contribution in [0.1, 0.15) is 35.9 Å². The lowest BCUT2D eigenvalue weighted by Crippen LogP contribution is -2.13. The number of fused-ring (bicyclic) bond motifs is 1. The summed E-state index contributed by atoms with van der Waals surface area (Å²) in [7, 11) is 1.93. The van der Waals surface area contributed by atoms with Crippen molar-refractivity contribution in [3.05, 3.63) is 16.8 Å². The van der Waals surface area contributed by atoms with Gasteiger partial charge < -0.3 is 5.32 Å². The molecular weight excluding hydrogens is 218 g/mol. The van der Waals surface area contributed by atoms with Crippen LogP contribution in [-0.4, -0.2) is 17.0 Å². The molecular formula is C12H15N3S. The predicted molar refractivity (Wildman–Crippen MR) is 68.3 cm³/mol. The van der Waals surface area contributed by atoms with Crippen LogP contribution in [0.4, 0.5) is 5.82 Å². The van der Waals surface area contributed by atoms with Crippen LogP contribution < -0.4 is 5.32 Å². The van der Waals surface area contributed by atoms with Crippen LogP contribution in [0.5, 0.6) is 0 Å². The molecule has 1 aliphatic carbocycles. The molecule has 0 saturated heterocycles. The van der Waals surface area contributed by atoms with Crippen molar-refractivity contribution >= 4 is 27.4 Å². The van der Waals surface area contributed by atoms with Gasteiger partial charge in [-0.15, -0.1) is 11.3 Å². The Bertz CT molecular complexity index is 528. The lowest BCUT2D eigenvalue weighted by molar-refractivity contribution is 0.403. The molecule has 4 heteroatoms. The van der Waals surface area contributed by atoms with Crippen LogP contribution >= 0.6 is 11.3 Å².